The van der Waals surface area contributed by atoms with Crippen LogP contribution in [0.3, 0.4) is 0 Å². The van der Waals surface area contributed by atoms with Crippen LogP contribution in [0.1, 0.15) is 31.5 Å². The van der Waals surface area contributed by atoms with Crippen molar-refractivity contribution in [3.63, 3.8) is 0 Å². The van der Waals surface area contributed by atoms with Gasteiger partial charge in [-0.3, -0.25) is 0 Å². The number of ether oxygens (including phenoxy) is 1. The van der Waals surface area contributed by atoms with E-state index < -0.39 is 10.0 Å². The molecule has 6 nitrogen and oxygen atoms in total. The van der Waals surface area contributed by atoms with Crippen molar-refractivity contribution in [3.8, 4) is 0 Å². The minimum absolute atomic E-state index is 0.128. The Morgan fingerprint density at radius 2 is 2.33 bits per heavy atom. The molecule has 3 heterocycles. The number of aryl methyl sites for hydroxylation is 1. The number of hydrogen-bond acceptors (Lipinski definition) is 4. The molecule has 3 rings (SSSR count). The Kier molecular flexibility index (Phi) is 4.61. The predicted molar refractivity (Wildman–Crippen MR) is 79.4 cm³/mol. The van der Waals surface area contributed by atoms with Crippen LogP contribution in [0.2, 0.25) is 0 Å². The Morgan fingerprint density at radius 3 is 3.14 bits per heavy atom. The lowest BCUT2D eigenvalue weighted by molar-refractivity contribution is 0.109. The summed E-state index contributed by atoms with van der Waals surface area (Å²) in [6, 6.07) is 0. The zero-order valence-electron chi connectivity index (χ0n) is 12.2. The molecule has 0 aliphatic carbocycles. The van der Waals surface area contributed by atoms with E-state index in [1.807, 2.05) is 12.4 Å². The zero-order valence-corrected chi connectivity index (χ0v) is 13.0. The van der Waals surface area contributed by atoms with Gasteiger partial charge in [-0.25, -0.2) is 18.1 Å². The van der Waals surface area contributed by atoms with Gasteiger partial charge < -0.3 is 9.30 Å². The van der Waals surface area contributed by atoms with Crippen LogP contribution in [0.15, 0.2) is 12.4 Å². The fourth-order valence-corrected chi connectivity index (χ4v) is 4.27. The van der Waals surface area contributed by atoms with Gasteiger partial charge in [0.05, 0.1) is 11.9 Å². The fraction of sp³-hybridized carbons (Fsp3) is 0.786. The highest BCUT2D eigenvalue weighted by molar-refractivity contribution is 7.89. The first-order valence-corrected chi connectivity index (χ1v) is 9.36. The van der Waals surface area contributed by atoms with Gasteiger partial charge in [0, 0.05) is 38.5 Å². The topological polar surface area (TPSA) is 73.2 Å². The summed E-state index contributed by atoms with van der Waals surface area (Å²) in [5, 5.41) is 0. The standard InChI is InChI=1S/C14H23N3O3S/c18-21(19,9-4-13-2-1-8-20-13)16-11-12-3-6-17-7-5-15-14(17)10-12/h5,7,12-13,16H,1-4,6,8-11H2/t12-,13+/m1/s1. The van der Waals surface area contributed by atoms with Gasteiger partial charge in [0.1, 0.15) is 5.82 Å². The van der Waals surface area contributed by atoms with E-state index in [9.17, 15) is 8.42 Å². The molecule has 2 aliphatic heterocycles. The molecule has 0 radical (unpaired) electrons. The van der Waals surface area contributed by atoms with Gasteiger partial charge in [0.15, 0.2) is 0 Å². The van der Waals surface area contributed by atoms with Gasteiger partial charge >= 0.3 is 0 Å². The van der Waals surface area contributed by atoms with Crippen molar-refractivity contribution in [1.29, 1.82) is 0 Å². The van der Waals surface area contributed by atoms with Crippen LogP contribution >= 0.6 is 0 Å². The fourth-order valence-electron chi connectivity index (χ4n) is 3.07. The molecule has 0 spiro atoms. The third-order valence-electron chi connectivity index (χ3n) is 4.38. The lowest BCUT2D eigenvalue weighted by Crippen LogP contribution is -2.35. The second kappa shape index (κ2) is 6.46. The summed E-state index contributed by atoms with van der Waals surface area (Å²) < 4.78 is 34.4. The van der Waals surface area contributed by atoms with E-state index >= 15 is 0 Å². The quantitative estimate of drug-likeness (QED) is 0.848. The van der Waals surface area contributed by atoms with Gasteiger partial charge in [0.2, 0.25) is 10.0 Å². The molecule has 1 aromatic heterocycles. The van der Waals surface area contributed by atoms with Crippen LogP contribution < -0.4 is 4.72 Å². The van der Waals surface area contributed by atoms with Crippen molar-refractivity contribution >= 4 is 10.0 Å². The predicted octanol–water partition coefficient (Wildman–Crippen LogP) is 0.934. The van der Waals surface area contributed by atoms with Crippen LogP contribution in [0.4, 0.5) is 0 Å². The molecule has 0 aromatic carbocycles. The molecule has 1 aromatic rings. The van der Waals surface area contributed by atoms with E-state index in [0.717, 1.165) is 44.7 Å². The third kappa shape index (κ3) is 4.05. The monoisotopic (exact) mass is 313 g/mol. The van der Waals surface area contributed by atoms with Crippen molar-refractivity contribution in [2.75, 3.05) is 18.9 Å². The number of nitrogens with zero attached hydrogens (tertiary/aromatic N) is 2. The maximum Gasteiger partial charge on any atom is 0.211 e. The summed E-state index contributed by atoms with van der Waals surface area (Å²) in [6.45, 7) is 2.21. The number of aromatic nitrogens is 2. The van der Waals surface area contributed by atoms with Crippen LogP contribution in [0, 0.1) is 5.92 Å². The number of nitrogens with one attached hydrogen (secondary N) is 1. The zero-order chi connectivity index (χ0) is 14.7. The van der Waals surface area contributed by atoms with E-state index in [1.54, 1.807) is 0 Å². The molecule has 21 heavy (non-hydrogen) atoms. The molecule has 1 saturated heterocycles. The van der Waals surface area contributed by atoms with Gasteiger partial charge in [-0.05, 0) is 31.6 Å². The minimum Gasteiger partial charge on any atom is -0.378 e. The van der Waals surface area contributed by atoms with Crippen LogP contribution in [0.25, 0.3) is 0 Å². The van der Waals surface area contributed by atoms with E-state index in [-0.39, 0.29) is 11.9 Å². The summed E-state index contributed by atoms with van der Waals surface area (Å²) in [5.41, 5.74) is 0. The Hall–Kier alpha value is -0.920. The number of fused-ring (bicyclic) bond motifs is 1. The third-order valence-corrected chi connectivity index (χ3v) is 5.76. The summed E-state index contributed by atoms with van der Waals surface area (Å²) in [4.78, 5) is 4.31. The van der Waals surface area contributed by atoms with E-state index in [1.165, 1.54) is 0 Å². The number of imidazole rings is 1. The average Bonchev–Trinajstić information content (AvgIpc) is 3.13. The molecule has 7 heteroatoms. The normalized spacial score (nSPS) is 25.9. The average molecular weight is 313 g/mol. The largest absolute Gasteiger partial charge is 0.378 e. The highest BCUT2D eigenvalue weighted by Gasteiger charge is 2.23. The Morgan fingerprint density at radius 1 is 1.43 bits per heavy atom. The Balaban J connectivity index is 1.43. The van der Waals surface area contributed by atoms with E-state index in [4.69, 9.17) is 4.74 Å². The summed E-state index contributed by atoms with van der Waals surface area (Å²) in [7, 11) is -3.19. The van der Waals surface area contributed by atoms with Crippen molar-refractivity contribution in [2.24, 2.45) is 5.92 Å². The molecule has 1 fully saturated rings. The highest BCUT2D eigenvalue weighted by atomic mass is 32.2. The van der Waals surface area contributed by atoms with Crippen LogP contribution in [-0.4, -0.2) is 43.0 Å². The molecule has 2 aliphatic rings. The van der Waals surface area contributed by atoms with Gasteiger partial charge in [-0.1, -0.05) is 0 Å². The minimum atomic E-state index is -3.19. The first-order valence-electron chi connectivity index (χ1n) is 7.71. The SMILES string of the molecule is O=S(=O)(CC[C@@H]1CCCO1)NC[C@@H]1CCn2ccnc2C1. The number of sulfonamides is 1. The molecular formula is C14H23N3O3S. The molecule has 0 saturated carbocycles. The van der Waals surface area contributed by atoms with Crippen molar-refractivity contribution in [1.82, 2.24) is 14.3 Å². The van der Waals surface area contributed by atoms with Crippen LogP contribution in [-0.2, 0) is 27.7 Å². The van der Waals surface area contributed by atoms with Gasteiger partial charge in [0.25, 0.3) is 0 Å². The molecule has 1 N–H and O–H groups in total. The smallest absolute Gasteiger partial charge is 0.211 e. The second-order valence-corrected chi connectivity index (χ2v) is 7.91. The van der Waals surface area contributed by atoms with E-state index in [2.05, 4.69) is 14.3 Å². The maximum atomic E-state index is 12.0. The molecule has 0 amide bonds. The number of rotatable bonds is 6. The lowest BCUT2D eigenvalue weighted by atomic mass is 9.98. The van der Waals surface area contributed by atoms with E-state index in [0.29, 0.717) is 18.9 Å². The highest BCUT2D eigenvalue weighted by Crippen LogP contribution is 2.19. The first kappa shape index (κ1) is 15.0. The second-order valence-electron chi connectivity index (χ2n) is 5.99. The Labute approximate surface area is 125 Å². The van der Waals surface area contributed by atoms with Crippen molar-refractivity contribution in [2.45, 2.75) is 44.8 Å². The molecule has 118 valence electrons. The number of hydrogen-bond donors (Lipinski definition) is 1. The van der Waals surface area contributed by atoms with Gasteiger partial charge in [-0.15, -0.1) is 0 Å². The summed E-state index contributed by atoms with van der Waals surface area (Å²) in [6.07, 6.45) is 8.40. The first-order chi connectivity index (χ1) is 10.1. The van der Waals surface area contributed by atoms with Crippen molar-refractivity contribution < 1.29 is 13.2 Å². The summed E-state index contributed by atoms with van der Waals surface area (Å²) in [5.74, 6) is 1.57. The maximum absolute atomic E-state index is 12.0. The van der Waals surface area contributed by atoms with Gasteiger partial charge in [-0.2, -0.15) is 0 Å². The van der Waals surface area contributed by atoms with Crippen molar-refractivity contribution in [3.05, 3.63) is 18.2 Å². The van der Waals surface area contributed by atoms with Crippen LogP contribution in [0.5, 0.6) is 0 Å². The molecular weight excluding hydrogens is 290 g/mol. The molecule has 2 atom stereocenters. The lowest BCUT2D eigenvalue weighted by Gasteiger charge is -2.23. The molecule has 0 unspecified atom stereocenters. The molecule has 0 bridgehead atoms. The summed E-state index contributed by atoms with van der Waals surface area (Å²) >= 11 is 0. The Bertz CT molecular complexity index is 564.